The Morgan fingerprint density at radius 2 is 1.92 bits per heavy atom. The number of benzene rings is 2. The second-order valence-electron chi connectivity index (χ2n) is 8.91. The summed E-state index contributed by atoms with van der Waals surface area (Å²) in [4.78, 5) is 36.6. The molecule has 1 aliphatic heterocycles. The fourth-order valence-corrected chi connectivity index (χ4v) is 4.83. The van der Waals surface area contributed by atoms with Crippen LogP contribution in [0.15, 0.2) is 77.9 Å². The summed E-state index contributed by atoms with van der Waals surface area (Å²) in [5.74, 6) is 0.530. The van der Waals surface area contributed by atoms with Crippen LogP contribution in [-0.2, 0) is 4.74 Å². The number of aromatic amines is 1. The first kappa shape index (κ1) is 24.0. The zero-order chi connectivity index (χ0) is 25.1. The quantitative estimate of drug-likeness (QED) is 0.398. The number of carbonyl (C=O) groups excluding carboxylic acids is 1. The van der Waals surface area contributed by atoms with Gasteiger partial charge in [0.25, 0.3) is 5.91 Å². The largest absolute Gasteiger partial charge is 0.381 e. The van der Waals surface area contributed by atoms with E-state index < -0.39 is 6.04 Å². The molecule has 1 saturated heterocycles. The number of aromatic nitrogens is 2. The lowest BCUT2D eigenvalue weighted by Gasteiger charge is -2.32. The van der Waals surface area contributed by atoms with Crippen molar-refractivity contribution >= 4 is 34.2 Å². The zero-order valence-electron chi connectivity index (χ0n) is 19.9. The van der Waals surface area contributed by atoms with Crippen LogP contribution in [0.3, 0.4) is 0 Å². The lowest BCUT2D eigenvalue weighted by molar-refractivity contribution is 0.0818. The maximum Gasteiger partial charge on any atom is 0.253 e. The standard InChI is InChI=1S/C28H27ClN4O3/c1-36-21-11-13-33(14-12-21)25-10-7-19(16-31-25)28(35)32-26(18-5-3-2-4-6-18)23-17-30-24-15-20(29)8-9-22(24)27(23)34/h2-10,15-17,21,26H,11-14H2,1H3,(H,30,34)(H,32,35). The molecule has 0 bridgehead atoms. The van der Waals surface area contributed by atoms with Crippen LogP contribution in [0.5, 0.6) is 0 Å². The molecule has 1 amide bonds. The number of carbonyl (C=O) groups is 1. The van der Waals surface area contributed by atoms with Gasteiger partial charge in [-0.1, -0.05) is 41.9 Å². The Morgan fingerprint density at radius 1 is 1.14 bits per heavy atom. The molecule has 0 spiro atoms. The third-order valence-corrected chi connectivity index (χ3v) is 6.94. The molecule has 5 rings (SSSR count). The number of anilines is 1. The normalized spacial score (nSPS) is 15.1. The van der Waals surface area contributed by atoms with Crippen molar-refractivity contribution in [1.29, 1.82) is 0 Å². The monoisotopic (exact) mass is 502 g/mol. The Kier molecular flexibility index (Phi) is 7.02. The van der Waals surface area contributed by atoms with Gasteiger partial charge in [0.1, 0.15) is 5.82 Å². The maximum atomic E-state index is 13.4. The van der Waals surface area contributed by atoms with E-state index in [9.17, 15) is 9.59 Å². The lowest BCUT2D eigenvalue weighted by atomic mass is 9.98. The molecule has 4 aromatic rings. The van der Waals surface area contributed by atoms with Crippen LogP contribution < -0.4 is 15.6 Å². The van der Waals surface area contributed by atoms with Gasteiger partial charge < -0.3 is 19.9 Å². The first-order valence-electron chi connectivity index (χ1n) is 11.9. The number of rotatable bonds is 6. The molecule has 184 valence electrons. The molecule has 3 heterocycles. The fraction of sp³-hybridized carbons (Fsp3) is 0.250. The van der Waals surface area contributed by atoms with Crippen LogP contribution in [0.4, 0.5) is 5.82 Å². The van der Waals surface area contributed by atoms with Crippen LogP contribution in [0.25, 0.3) is 10.9 Å². The minimum Gasteiger partial charge on any atom is -0.381 e. The number of nitrogens with zero attached hydrogens (tertiary/aromatic N) is 2. The number of hydrogen-bond acceptors (Lipinski definition) is 5. The SMILES string of the molecule is COC1CCN(c2ccc(C(=O)NC(c3ccccc3)c3c[nH]c4cc(Cl)ccc4c3=O)cn2)CC1. The number of H-pyrrole nitrogens is 1. The number of hydrogen-bond donors (Lipinski definition) is 2. The van der Waals surface area contributed by atoms with E-state index in [1.54, 1.807) is 43.8 Å². The van der Waals surface area contributed by atoms with Crippen LogP contribution >= 0.6 is 11.6 Å². The van der Waals surface area contributed by atoms with Gasteiger partial charge in [-0.3, -0.25) is 9.59 Å². The number of methoxy groups -OCH3 is 1. The van der Waals surface area contributed by atoms with Crippen molar-refractivity contribution in [3.8, 4) is 0 Å². The van der Waals surface area contributed by atoms with Gasteiger partial charge in [-0.25, -0.2) is 4.98 Å². The van der Waals surface area contributed by atoms with Crippen LogP contribution in [0.2, 0.25) is 5.02 Å². The van der Waals surface area contributed by atoms with Crippen molar-refractivity contribution in [2.24, 2.45) is 0 Å². The van der Waals surface area contributed by atoms with Crippen LogP contribution in [0.1, 0.15) is 40.4 Å². The summed E-state index contributed by atoms with van der Waals surface area (Å²) in [7, 11) is 1.75. The maximum absolute atomic E-state index is 13.4. The van der Waals surface area contributed by atoms with E-state index in [1.165, 1.54) is 0 Å². The molecule has 2 aromatic carbocycles. The number of ether oxygens (including phenoxy) is 1. The van der Waals surface area contributed by atoms with Crippen molar-refractivity contribution in [3.05, 3.63) is 105 Å². The summed E-state index contributed by atoms with van der Waals surface area (Å²) in [5, 5.41) is 4.09. The highest BCUT2D eigenvalue weighted by molar-refractivity contribution is 6.31. The average Bonchev–Trinajstić information content (AvgIpc) is 2.92. The number of piperidine rings is 1. The molecule has 2 aromatic heterocycles. The van der Waals surface area contributed by atoms with Gasteiger partial charge in [0.05, 0.1) is 23.2 Å². The molecule has 36 heavy (non-hydrogen) atoms. The van der Waals surface area contributed by atoms with Crippen molar-refractivity contribution in [2.45, 2.75) is 25.0 Å². The summed E-state index contributed by atoms with van der Waals surface area (Å²) in [5.41, 5.74) is 2.15. The average molecular weight is 503 g/mol. The van der Waals surface area contributed by atoms with E-state index in [4.69, 9.17) is 16.3 Å². The fourth-order valence-electron chi connectivity index (χ4n) is 4.65. The highest BCUT2D eigenvalue weighted by Gasteiger charge is 2.23. The number of nitrogens with one attached hydrogen (secondary N) is 2. The Hall–Kier alpha value is -3.68. The number of pyridine rings is 2. The smallest absolute Gasteiger partial charge is 0.253 e. The summed E-state index contributed by atoms with van der Waals surface area (Å²) in [6, 6.07) is 17.5. The van der Waals surface area contributed by atoms with Gasteiger partial charge >= 0.3 is 0 Å². The highest BCUT2D eigenvalue weighted by atomic mass is 35.5. The summed E-state index contributed by atoms with van der Waals surface area (Å²) in [6.45, 7) is 1.73. The Labute approximate surface area is 214 Å². The van der Waals surface area contributed by atoms with E-state index in [2.05, 4.69) is 20.2 Å². The van der Waals surface area contributed by atoms with Gasteiger partial charge in [-0.05, 0) is 48.7 Å². The Morgan fingerprint density at radius 3 is 2.61 bits per heavy atom. The molecule has 8 heteroatoms. The van der Waals surface area contributed by atoms with E-state index in [1.807, 2.05) is 36.4 Å². The summed E-state index contributed by atoms with van der Waals surface area (Å²) >= 11 is 6.09. The number of fused-ring (bicyclic) bond motifs is 1. The number of halogens is 1. The Balaban J connectivity index is 1.41. The first-order chi connectivity index (χ1) is 17.5. The molecule has 0 radical (unpaired) electrons. The van der Waals surface area contributed by atoms with Gasteiger partial charge in [0, 0.05) is 48.6 Å². The van der Waals surface area contributed by atoms with Crippen molar-refractivity contribution in [3.63, 3.8) is 0 Å². The molecule has 0 aliphatic carbocycles. The molecule has 1 unspecified atom stereocenters. The zero-order valence-corrected chi connectivity index (χ0v) is 20.7. The van der Waals surface area contributed by atoms with Gasteiger partial charge in [0.2, 0.25) is 0 Å². The second kappa shape index (κ2) is 10.5. The van der Waals surface area contributed by atoms with E-state index in [0.717, 1.165) is 37.3 Å². The third-order valence-electron chi connectivity index (χ3n) is 6.70. The molecule has 1 atom stereocenters. The summed E-state index contributed by atoms with van der Waals surface area (Å²) < 4.78 is 5.44. The molecule has 1 aliphatic rings. The predicted octanol–water partition coefficient (Wildman–Crippen LogP) is 4.71. The van der Waals surface area contributed by atoms with Crippen molar-refractivity contribution in [1.82, 2.24) is 15.3 Å². The van der Waals surface area contributed by atoms with Gasteiger partial charge in [-0.15, -0.1) is 0 Å². The van der Waals surface area contributed by atoms with Gasteiger partial charge in [0.15, 0.2) is 5.43 Å². The lowest BCUT2D eigenvalue weighted by Crippen LogP contribution is -2.37. The molecule has 2 N–H and O–H groups in total. The van der Waals surface area contributed by atoms with E-state index in [0.29, 0.717) is 27.1 Å². The number of amides is 1. The van der Waals surface area contributed by atoms with Crippen molar-refractivity contribution in [2.75, 3.05) is 25.1 Å². The minimum atomic E-state index is -0.643. The summed E-state index contributed by atoms with van der Waals surface area (Å²) in [6.07, 6.45) is 5.42. The molecular formula is C28H27ClN4O3. The van der Waals surface area contributed by atoms with Crippen molar-refractivity contribution < 1.29 is 9.53 Å². The van der Waals surface area contributed by atoms with E-state index in [-0.39, 0.29) is 17.4 Å². The topological polar surface area (TPSA) is 87.3 Å². The minimum absolute atomic E-state index is 0.164. The first-order valence-corrected chi connectivity index (χ1v) is 12.3. The van der Waals surface area contributed by atoms with Crippen LogP contribution in [0, 0.1) is 0 Å². The molecule has 7 nitrogen and oxygen atoms in total. The Bertz CT molecular complexity index is 1410. The molecular weight excluding hydrogens is 476 g/mol. The highest BCUT2D eigenvalue weighted by Crippen LogP contribution is 2.24. The van der Waals surface area contributed by atoms with Gasteiger partial charge in [-0.2, -0.15) is 0 Å². The third kappa shape index (κ3) is 4.98. The molecule has 0 saturated carbocycles. The van der Waals surface area contributed by atoms with Crippen LogP contribution in [-0.4, -0.2) is 42.2 Å². The molecule has 1 fully saturated rings. The van der Waals surface area contributed by atoms with E-state index >= 15 is 0 Å². The predicted molar refractivity (Wildman–Crippen MR) is 142 cm³/mol. The second-order valence-corrected chi connectivity index (χ2v) is 9.34.